The van der Waals surface area contributed by atoms with Gasteiger partial charge >= 0.3 is 0 Å². The molecule has 2 aromatic rings. The molecule has 0 aromatic heterocycles. The largest absolute Gasteiger partial charge is 0.491 e. The summed E-state index contributed by atoms with van der Waals surface area (Å²) in [6.45, 7) is 0.203. The molecule has 0 radical (unpaired) electrons. The molecule has 112 valence electrons. The smallest absolute Gasteiger partial charge is 0.119 e. The summed E-state index contributed by atoms with van der Waals surface area (Å²) >= 11 is 13.4. The van der Waals surface area contributed by atoms with Crippen molar-refractivity contribution < 1.29 is 9.84 Å². The molecule has 6 heteroatoms. The number of halogens is 2. The molecule has 0 aliphatic heterocycles. The number of anilines is 1. The highest BCUT2D eigenvalue weighted by molar-refractivity contribution is 7.99. The van der Waals surface area contributed by atoms with Gasteiger partial charge in [0.15, 0.2) is 0 Å². The topological polar surface area (TPSA) is 55.5 Å². The van der Waals surface area contributed by atoms with Gasteiger partial charge in [-0.1, -0.05) is 23.2 Å². The molecule has 0 bridgehead atoms. The van der Waals surface area contributed by atoms with E-state index in [0.29, 0.717) is 27.2 Å². The van der Waals surface area contributed by atoms with Crippen LogP contribution in [0.3, 0.4) is 0 Å². The van der Waals surface area contributed by atoms with Crippen LogP contribution in [0.2, 0.25) is 10.0 Å². The van der Waals surface area contributed by atoms with Crippen LogP contribution in [0.1, 0.15) is 0 Å². The maximum atomic E-state index is 9.94. The predicted molar refractivity (Wildman–Crippen MR) is 89.5 cm³/mol. The number of aliphatic hydroxyl groups is 1. The van der Waals surface area contributed by atoms with E-state index in [0.717, 1.165) is 4.90 Å². The number of rotatable bonds is 6. The summed E-state index contributed by atoms with van der Waals surface area (Å²) in [7, 11) is 0. The van der Waals surface area contributed by atoms with Gasteiger partial charge in [0.1, 0.15) is 12.4 Å². The third-order valence-corrected chi connectivity index (χ3v) is 4.52. The normalized spacial score (nSPS) is 12.1. The minimum Gasteiger partial charge on any atom is -0.491 e. The lowest BCUT2D eigenvalue weighted by atomic mass is 10.3. The van der Waals surface area contributed by atoms with Crippen molar-refractivity contribution in [2.24, 2.45) is 0 Å². The van der Waals surface area contributed by atoms with Crippen LogP contribution < -0.4 is 10.5 Å². The van der Waals surface area contributed by atoms with Gasteiger partial charge in [-0.3, -0.25) is 0 Å². The van der Waals surface area contributed by atoms with E-state index >= 15 is 0 Å². The molecule has 3 nitrogen and oxygen atoms in total. The first-order chi connectivity index (χ1) is 10.0. The Labute approximate surface area is 138 Å². The Morgan fingerprint density at radius 1 is 1.14 bits per heavy atom. The molecule has 0 saturated heterocycles. The van der Waals surface area contributed by atoms with Gasteiger partial charge in [-0.05, 0) is 42.5 Å². The average Bonchev–Trinajstić information content (AvgIpc) is 2.47. The number of ether oxygens (including phenoxy) is 1. The Kier molecular flexibility index (Phi) is 6.06. The van der Waals surface area contributed by atoms with Gasteiger partial charge in [-0.2, -0.15) is 0 Å². The van der Waals surface area contributed by atoms with E-state index < -0.39 is 6.10 Å². The second-order valence-electron chi connectivity index (χ2n) is 4.42. The van der Waals surface area contributed by atoms with Crippen LogP contribution in [0.4, 0.5) is 5.69 Å². The molecule has 2 aromatic carbocycles. The van der Waals surface area contributed by atoms with Gasteiger partial charge in [0.05, 0.1) is 11.1 Å². The molecule has 1 unspecified atom stereocenters. The third-order valence-electron chi connectivity index (χ3n) is 2.65. The fourth-order valence-corrected chi connectivity index (χ4v) is 2.98. The summed E-state index contributed by atoms with van der Waals surface area (Å²) in [6, 6.07) is 12.3. The maximum Gasteiger partial charge on any atom is 0.119 e. The van der Waals surface area contributed by atoms with Crippen LogP contribution in [0.5, 0.6) is 5.75 Å². The zero-order valence-electron chi connectivity index (χ0n) is 11.1. The van der Waals surface area contributed by atoms with Crippen molar-refractivity contribution in [3.8, 4) is 5.75 Å². The highest BCUT2D eigenvalue weighted by atomic mass is 35.5. The van der Waals surface area contributed by atoms with Crippen molar-refractivity contribution in [3.63, 3.8) is 0 Å². The molecule has 1 atom stereocenters. The molecule has 21 heavy (non-hydrogen) atoms. The number of aliphatic hydroxyl groups excluding tert-OH is 1. The first kappa shape index (κ1) is 16.3. The summed E-state index contributed by atoms with van der Waals surface area (Å²) in [5.74, 6) is 1.14. The minimum atomic E-state index is -0.609. The lowest BCUT2D eigenvalue weighted by molar-refractivity contribution is 0.126. The Morgan fingerprint density at radius 3 is 2.57 bits per heavy atom. The molecular weight excluding hydrogens is 329 g/mol. The van der Waals surface area contributed by atoms with E-state index in [1.165, 1.54) is 11.8 Å². The number of benzene rings is 2. The van der Waals surface area contributed by atoms with E-state index in [1.54, 1.807) is 42.5 Å². The molecule has 0 spiro atoms. The third kappa shape index (κ3) is 5.32. The second-order valence-corrected chi connectivity index (χ2v) is 6.33. The Bertz CT molecular complexity index is 593. The number of nitrogen functional groups attached to an aromatic ring is 1. The Hall–Kier alpha value is -1.07. The summed E-state index contributed by atoms with van der Waals surface area (Å²) in [5.41, 5.74) is 6.26. The zero-order valence-corrected chi connectivity index (χ0v) is 13.5. The number of hydrogen-bond acceptors (Lipinski definition) is 4. The van der Waals surface area contributed by atoms with Crippen molar-refractivity contribution in [1.29, 1.82) is 0 Å². The van der Waals surface area contributed by atoms with Gasteiger partial charge in [0.2, 0.25) is 0 Å². The molecule has 3 N–H and O–H groups in total. The van der Waals surface area contributed by atoms with Gasteiger partial charge in [0, 0.05) is 21.4 Å². The van der Waals surface area contributed by atoms with Crippen LogP contribution in [0.15, 0.2) is 47.4 Å². The highest BCUT2D eigenvalue weighted by Crippen LogP contribution is 2.30. The van der Waals surface area contributed by atoms with Crippen LogP contribution in [0.25, 0.3) is 0 Å². The summed E-state index contributed by atoms with van der Waals surface area (Å²) in [5, 5.41) is 11.2. The Morgan fingerprint density at radius 2 is 1.86 bits per heavy atom. The fraction of sp³-hybridized carbons (Fsp3) is 0.200. The second kappa shape index (κ2) is 7.80. The van der Waals surface area contributed by atoms with Gasteiger partial charge in [-0.25, -0.2) is 0 Å². The lowest BCUT2D eigenvalue weighted by Gasteiger charge is -2.13. The van der Waals surface area contributed by atoms with Crippen LogP contribution in [-0.4, -0.2) is 23.6 Å². The fourth-order valence-electron chi connectivity index (χ4n) is 1.58. The van der Waals surface area contributed by atoms with Crippen LogP contribution in [-0.2, 0) is 0 Å². The van der Waals surface area contributed by atoms with E-state index in [2.05, 4.69) is 0 Å². The molecule has 0 amide bonds. The molecule has 0 fully saturated rings. The Balaban J connectivity index is 1.80. The van der Waals surface area contributed by atoms with Crippen molar-refractivity contribution in [2.45, 2.75) is 11.0 Å². The minimum absolute atomic E-state index is 0.203. The van der Waals surface area contributed by atoms with E-state index in [4.69, 9.17) is 33.7 Å². The summed E-state index contributed by atoms with van der Waals surface area (Å²) in [4.78, 5) is 0.843. The standard InChI is InChI=1S/C15H15Cl2NO2S/c16-10-1-6-14(17)15(7-10)21-9-12(19)8-20-13-4-2-11(18)3-5-13/h1-7,12,19H,8-9,18H2. The van der Waals surface area contributed by atoms with Crippen molar-refractivity contribution in [3.05, 3.63) is 52.5 Å². The molecule has 2 rings (SSSR count). The van der Waals surface area contributed by atoms with Crippen molar-refractivity contribution >= 4 is 40.7 Å². The summed E-state index contributed by atoms with van der Waals surface area (Å²) < 4.78 is 5.49. The van der Waals surface area contributed by atoms with Crippen molar-refractivity contribution in [2.75, 3.05) is 18.1 Å². The molecule has 0 saturated carbocycles. The monoisotopic (exact) mass is 343 g/mol. The SMILES string of the molecule is Nc1ccc(OCC(O)CSc2cc(Cl)ccc2Cl)cc1. The average molecular weight is 344 g/mol. The maximum absolute atomic E-state index is 9.94. The van der Waals surface area contributed by atoms with Gasteiger partial charge < -0.3 is 15.6 Å². The predicted octanol–water partition coefficient (Wildman–Crippen LogP) is 4.11. The summed E-state index contributed by atoms with van der Waals surface area (Å²) in [6.07, 6.45) is -0.609. The van der Waals surface area contributed by atoms with Crippen molar-refractivity contribution in [1.82, 2.24) is 0 Å². The van der Waals surface area contributed by atoms with E-state index in [1.807, 2.05) is 0 Å². The first-order valence-electron chi connectivity index (χ1n) is 6.29. The molecule has 0 aliphatic rings. The zero-order chi connectivity index (χ0) is 15.2. The highest BCUT2D eigenvalue weighted by Gasteiger charge is 2.09. The van der Waals surface area contributed by atoms with Crippen LogP contribution >= 0.6 is 35.0 Å². The van der Waals surface area contributed by atoms with Gasteiger partial charge in [0.25, 0.3) is 0 Å². The van der Waals surface area contributed by atoms with E-state index in [9.17, 15) is 5.11 Å². The number of hydrogen-bond donors (Lipinski definition) is 2. The first-order valence-corrected chi connectivity index (χ1v) is 8.03. The van der Waals surface area contributed by atoms with Gasteiger partial charge in [-0.15, -0.1) is 11.8 Å². The number of nitrogens with two attached hydrogens (primary N) is 1. The van der Waals surface area contributed by atoms with E-state index in [-0.39, 0.29) is 6.61 Å². The molecular formula is C15H15Cl2NO2S. The number of thioether (sulfide) groups is 1. The lowest BCUT2D eigenvalue weighted by Crippen LogP contribution is -2.20. The van der Waals surface area contributed by atoms with Crippen LogP contribution in [0, 0.1) is 0 Å². The molecule has 0 aliphatic carbocycles. The quantitative estimate of drug-likeness (QED) is 0.612. The molecule has 0 heterocycles.